The Balaban J connectivity index is 1.64. The third kappa shape index (κ3) is 3.44. The van der Waals surface area contributed by atoms with Gasteiger partial charge in [-0.1, -0.05) is 37.3 Å². The van der Waals surface area contributed by atoms with Crippen molar-refractivity contribution in [3.05, 3.63) is 47.3 Å². The van der Waals surface area contributed by atoms with Crippen molar-refractivity contribution in [3.63, 3.8) is 0 Å². The van der Waals surface area contributed by atoms with Crippen molar-refractivity contribution in [3.8, 4) is 11.4 Å². The van der Waals surface area contributed by atoms with Gasteiger partial charge in [-0.2, -0.15) is 4.98 Å². The minimum atomic E-state index is 0.178. The fraction of sp³-hybridized carbons (Fsp3) is 0.429. The summed E-state index contributed by atoms with van der Waals surface area (Å²) in [5.41, 5.74) is 3.70. The Morgan fingerprint density at radius 1 is 1.11 bits per heavy atom. The lowest BCUT2D eigenvalue weighted by Gasteiger charge is -2.30. The number of rotatable bonds is 3. The second-order valence-corrected chi connectivity index (χ2v) is 7.51. The molecule has 1 aromatic carbocycles. The fourth-order valence-electron chi connectivity index (χ4n) is 3.69. The van der Waals surface area contributed by atoms with Gasteiger partial charge in [0.2, 0.25) is 5.91 Å². The Labute approximate surface area is 159 Å². The molecule has 0 bridgehead atoms. The second-order valence-electron chi connectivity index (χ2n) is 7.51. The molecular weight excluding hydrogens is 338 g/mol. The zero-order valence-electron chi connectivity index (χ0n) is 16.1. The van der Waals surface area contributed by atoms with Gasteiger partial charge in [-0.25, -0.2) is 9.50 Å². The van der Waals surface area contributed by atoms with Gasteiger partial charge in [0, 0.05) is 35.6 Å². The van der Waals surface area contributed by atoms with Crippen LogP contribution in [0.1, 0.15) is 36.7 Å². The van der Waals surface area contributed by atoms with Crippen molar-refractivity contribution >= 4 is 11.7 Å². The number of piperidine rings is 1. The van der Waals surface area contributed by atoms with E-state index in [1.807, 2.05) is 49.1 Å². The third-order valence-electron chi connectivity index (χ3n) is 5.55. The van der Waals surface area contributed by atoms with Crippen LogP contribution >= 0.6 is 0 Å². The Hall–Kier alpha value is -2.76. The maximum absolute atomic E-state index is 12.8. The molecule has 1 aliphatic heterocycles. The molecule has 0 N–H and O–H groups in total. The fourth-order valence-corrected chi connectivity index (χ4v) is 3.69. The molecule has 4 rings (SSSR count). The zero-order valence-corrected chi connectivity index (χ0v) is 16.1. The quantitative estimate of drug-likeness (QED) is 0.717. The Morgan fingerprint density at radius 2 is 1.81 bits per heavy atom. The van der Waals surface area contributed by atoms with Crippen LogP contribution in [-0.4, -0.2) is 43.5 Å². The van der Waals surface area contributed by atoms with E-state index in [0.717, 1.165) is 48.4 Å². The summed E-state index contributed by atoms with van der Waals surface area (Å²) in [7, 11) is 0. The van der Waals surface area contributed by atoms with Crippen molar-refractivity contribution < 1.29 is 4.79 Å². The van der Waals surface area contributed by atoms with Crippen molar-refractivity contribution in [2.75, 3.05) is 13.1 Å². The zero-order chi connectivity index (χ0) is 19.0. The molecule has 6 heteroatoms. The lowest BCUT2D eigenvalue weighted by Crippen LogP contribution is -2.39. The SMILES string of the molecule is Cc1nc2nc(-c3ccccc3)nn2c(C)c1CC(=O)N1CCC(C)CC1. The van der Waals surface area contributed by atoms with Crippen LogP contribution < -0.4 is 0 Å². The number of amides is 1. The van der Waals surface area contributed by atoms with Crippen LogP contribution in [0.15, 0.2) is 30.3 Å². The number of carbonyl (C=O) groups is 1. The largest absolute Gasteiger partial charge is 0.342 e. The van der Waals surface area contributed by atoms with E-state index in [1.54, 1.807) is 4.52 Å². The van der Waals surface area contributed by atoms with Gasteiger partial charge in [-0.05, 0) is 32.6 Å². The predicted molar refractivity (Wildman–Crippen MR) is 104 cm³/mol. The standard InChI is InChI=1S/C21H25N5O/c1-14-9-11-25(12-10-14)19(27)13-18-15(2)22-21-23-20(24-26(21)16(18)3)17-7-5-4-6-8-17/h4-8,14H,9-13H2,1-3H3. The summed E-state index contributed by atoms with van der Waals surface area (Å²) in [4.78, 5) is 24.0. The van der Waals surface area contributed by atoms with E-state index in [9.17, 15) is 4.79 Å². The van der Waals surface area contributed by atoms with Gasteiger partial charge in [0.05, 0.1) is 6.42 Å². The molecular formula is C21H25N5O. The summed E-state index contributed by atoms with van der Waals surface area (Å²) in [6.45, 7) is 7.91. The number of carbonyl (C=O) groups excluding carboxylic acids is 1. The highest BCUT2D eigenvalue weighted by atomic mass is 16.2. The van der Waals surface area contributed by atoms with Crippen LogP contribution in [0.5, 0.6) is 0 Å². The third-order valence-corrected chi connectivity index (χ3v) is 5.55. The maximum atomic E-state index is 12.8. The molecule has 3 aromatic rings. The number of likely N-dealkylation sites (tertiary alicyclic amines) is 1. The van der Waals surface area contributed by atoms with Crippen LogP contribution in [0.3, 0.4) is 0 Å². The van der Waals surface area contributed by atoms with Gasteiger partial charge in [-0.15, -0.1) is 5.10 Å². The molecule has 0 atom stereocenters. The number of hydrogen-bond acceptors (Lipinski definition) is 4. The number of benzene rings is 1. The van der Waals surface area contributed by atoms with E-state index in [2.05, 4.69) is 22.0 Å². The van der Waals surface area contributed by atoms with Gasteiger partial charge >= 0.3 is 0 Å². The van der Waals surface area contributed by atoms with Crippen LogP contribution in [0.4, 0.5) is 0 Å². The molecule has 1 saturated heterocycles. The lowest BCUT2D eigenvalue weighted by atomic mass is 9.98. The first-order valence-corrected chi connectivity index (χ1v) is 9.59. The van der Waals surface area contributed by atoms with Gasteiger partial charge in [0.25, 0.3) is 5.78 Å². The lowest BCUT2D eigenvalue weighted by molar-refractivity contribution is -0.131. The van der Waals surface area contributed by atoms with E-state index in [0.29, 0.717) is 23.9 Å². The summed E-state index contributed by atoms with van der Waals surface area (Å²) in [6.07, 6.45) is 2.55. The average Bonchev–Trinajstić information content (AvgIpc) is 3.10. The first-order valence-electron chi connectivity index (χ1n) is 9.59. The summed E-state index contributed by atoms with van der Waals surface area (Å²) in [6, 6.07) is 9.88. The molecule has 0 saturated carbocycles. The molecule has 0 radical (unpaired) electrons. The topological polar surface area (TPSA) is 63.4 Å². The van der Waals surface area contributed by atoms with E-state index in [-0.39, 0.29) is 5.91 Å². The van der Waals surface area contributed by atoms with Crippen molar-refractivity contribution in [1.82, 2.24) is 24.5 Å². The summed E-state index contributed by atoms with van der Waals surface area (Å²) in [5, 5.41) is 4.63. The number of aromatic nitrogens is 4. The van der Waals surface area contributed by atoms with Gasteiger partial charge < -0.3 is 4.90 Å². The van der Waals surface area contributed by atoms with Crippen LogP contribution in [-0.2, 0) is 11.2 Å². The van der Waals surface area contributed by atoms with Crippen LogP contribution in [0.25, 0.3) is 17.2 Å². The Morgan fingerprint density at radius 3 is 2.52 bits per heavy atom. The van der Waals surface area contributed by atoms with Gasteiger partial charge in [-0.3, -0.25) is 4.79 Å². The maximum Gasteiger partial charge on any atom is 0.253 e. The normalized spacial score (nSPS) is 15.4. The molecule has 3 heterocycles. The van der Waals surface area contributed by atoms with E-state index < -0.39 is 0 Å². The smallest absolute Gasteiger partial charge is 0.253 e. The van der Waals surface area contributed by atoms with E-state index >= 15 is 0 Å². The van der Waals surface area contributed by atoms with Crippen LogP contribution in [0, 0.1) is 19.8 Å². The molecule has 0 aliphatic carbocycles. The number of aryl methyl sites for hydroxylation is 2. The van der Waals surface area contributed by atoms with E-state index in [1.165, 1.54) is 0 Å². The van der Waals surface area contributed by atoms with Gasteiger partial charge in [0.15, 0.2) is 5.82 Å². The van der Waals surface area contributed by atoms with Crippen molar-refractivity contribution in [1.29, 1.82) is 0 Å². The Kier molecular flexibility index (Phi) is 4.64. The monoisotopic (exact) mass is 363 g/mol. The van der Waals surface area contributed by atoms with Crippen molar-refractivity contribution in [2.45, 2.75) is 40.0 Å². The molecule has 1 amide bonds. The highest BCUT2D eigenvalue weighted by molar-refractivity contribution is 5.79. The average molecular weight is 363 g/mol. The van der Waals surface area contributed by atoms with Crippen LogP contribution in [0.2, 0.25) is 0 Å². The first-order chi connectivity index (χ1) is 13.0. The highest BCUT2D eigenvalue weighted by Crippen LogP contribution is 2.21. The molecule has 6 nitrogen and oxygen atoms in total. The first kappa shape index (κ1) is 17.6. The molecule has 0 unspecified atom stereocenters. The molecule has 27 heavy (non-hydrogen) atoms. The molecule has 1 aliphatic rings. The number of hydrogen-bond donors (Lipinski definition) is 0. The second kappa shape index (κ2) is 7.10. The number of fused-ring (bicyclic) bond motifs is 1. The molecule has 140 valence electrons. The minimum Gasteiger partial charge on any atom is -0.342 e. The van der Waals surface area contributed by atoms with Crippen molar-refractivity contribution in [2.24, 2.45) is 5.92 Å². The molecule has 2 aromatic heterocycles. The van der Waals surface area contributed by atoms with Gasteiger partial charge in [0.1, 0.15) is 0 Å². The molecule has 0 spiro atoms. The van der Waals surface area contributed by atoms with E-state index in [4.69, 9.17) is 0 Å². The molecule has 1 fully saturated rings. The Bertz CT molecular complexity index is 971. The summed E-state index contributed by atoms with van der Waals surface area (Å²) >= 11 is 0. The summed E-state index contributed by atoms with van der Waals surface area (Å²) in [5.74, 6) is 2.12. The summed E-state index contributed by atoms with van der Waals surface area (Å²) < 4.78 is 1.76. The highest BCUT2D eigenvalue weighted by Gasteiger charge is 2.23. The predicted octanol–water partition coefficient (Wildman–Crippen LogP) is 3.21. The minimum absolute atomic E-state index is 0.178. The number of nitrogens with zero attached hydrogens (tertiary/aromatic N) is 5.